The molecule has 8 heteroatoms. The van der Waals surface area contributed by atoms with Gasteiger partial charge in [-0.25, -0.2) is 4.68 Å². The second kappa shape index (κ2) is 7.30. The zero-order valence-corrected chi connectivity index (χ0v) is 13.8. The van der Waals surface area contributed by atoms with Crippen molar-refractivity contribution in [3.8, 4) is 5.75 Å². The van der Waals surface area contributed by atoms with Crippen LogP contribution < -0.4 is 4.74 Å². The number of hydrogen-bond donors (Lipinski definition) is 0. The molecular formula is C14H17ClN4O2S. The monoisotopic (exact) mass is 340 g/mol. The Morgan fingerprint density at radius 1 is 1.50 bits per heavy atom. The Hall–Kier alpha value is -1.31. The fraction of sp³-hybridized carbons (Fsp3) is 0.500. The highest BCUT2D eigenvalue weighted by Crippen LogP contribution is 2.29. The van der Waals surface area contributed by atoms with Crippen molar-refractivity contribution in [1.29, 1.82) is 0 Å². The highest BCUT2D eigenvalue weighted by molar-refractivity contribution is 7.98. The third-order valence-corrected chi connectivity index (χ3v) is 4.74. The second-order valence-electron chi connectivity index (χ2n) is 5.02. The van der Waals surface area contributed by atoms with E-state index in [9.17, 15) is 0 Å². The fourth-order valence-electron chi connectivity index (χ4n) is 2.40. The topological polar surface area (TPSA) is 62.1 Å². The molecule has 2 heterocycles. The molecule has 0 spiro atoms. The minimum absolute atomic E-state index is 0.212. The summed E-state index contributed by atoms with van der Waals surface area (Å²) in [7, 11) is 1.65. The van der Waals surface area contributed by atoms with Crippen molar-refractivity contribution in [2.45, 2.75) is 36.4 Å². The van der Waals surface area contributed by atoms with E-state index >= 15 is 0 Å². The van der Waals surface area contributed by atoms with Gasteiger partial charge in [0.1, 0.15) is 5.75 Å². The number of thioether (sulfide) groups is 1. The number of ether oxygens (including phenoxy) is 2. The fourth-order valence-corrected chi connectivity index (χ4v) is 3.46. The molecule has 0 radical (unpaired) electrons. The van der Waals surface area contributed by atoms with Gasteiger partial charge in [0.05, 0.1) is 19.8 Å². The van der Waals surface area contributed by atoms with Gasteiger partial charge in [-0.1, -0.05) is 23.4 Å². The van der Waals surface area contributed by atoms with Gasteiger partial charge in [0, 0.05) is 22.9 Å². The number of nitrogens with zero attached hydrogens (tertiary/aromatic N) is 4. The lowest BCUT2D eigenvalue weighted by Gasteiger charge is -2.11. The number of aromatic nitrogens is 4. The molecule has 3 rings (SSSR count). The largest absolute Gasteiger partial charge is 0.496 e. The van der Waals surface area contributed by atoms with Crippen LogP contribution in [0.1, 0.15) is 18.4 Å². The number of benzene rings is 1. The number of rotatable bonds is 6. The Balaban J connectivity index is 1.66. The Kier molecular flexibility index (Phi) is 5.17. The molecule has 1 fully saturated rings. The van der Waals surface area contributed by atoms with Crippen LogP contribution in [0.15, 0.2) is 23.4 Å². The highest BCUT2D eigenvalue weighted by Gasteiger charge is 2.19. The van der Waals surface area contributed by atoms with Crippen molar-refractivity contribution in [3.05, 3.63) is 28.8 Å². The molecule has 1 aliphatic rings. The first-order valence-electron chi connectivity index (χ1n) is 7.09. The van der Waals surface area contributed by atoms with Crippen LogP contribution >= 0.6 is 23.4 Å². The van der Waals surface area contributed by atoms with Crippen molar-refractivity contribution < 1.29 is 9.47 Å². The number of halogens is 1. The smallest absolute Gasteiger partial charge is 0.209 e. The van der Waals surface area contributed by atoms with Crippen LogP contribution in [0.4, 0.5) is 0 Å². The molecule has 1 atom stereocenters. The molecule has 1 aliphatic heterocycles. The molecule has 0 N–H and O–H groups in total. The first-order chi connectivity index (χ1) is 10.8. The standard InChI is InChI=1S/C14H17ClN4O2S/c1-20-13-5-4-11(15)7-10(13)9-22-14-16-17-18-19(14)8-12-3-2-6-21-12/h4-5,7,12H,2-3,6,8-9H2,1H3. The summed E-state index contributed by atoms with van der Waals surface area (Å²) < 4.78 is 12.8. The molecular weight excluding hydrogens is 324 g/mol. The zero-order valence-electron chi connectivity index (χ0n) is 12.2. The third-order valence-electron chi connectivity index (χ3n) is 3.50. The molecule has 2 aromatic rings. The minimum Gasteiger partial charge on any atom is -0.496 e. The SMILES string of the molecule is COc1ccc(Cl)cc1CSc1nnnn1CC1CCCO1. The average molecular weight is 341 g/mol. The van der Waals surface area contributed by atoms with Gasteiger partial charge in [-0.15, -0.1) is 5.10 Å². The molecule has 118 valence electrons. The Labute approximate surface area is 138 Å². The second-order valence-corrected chi connectivity index (χ2v) is 6.40. The van der Waals surface area contributed by atoms with Gasteiger partial charge in [0.25, 0.3) is 0 Å². The van der Waals surface area contributed by atoms with Crippen LogP contribution in [0.2, 0.25) is 5.02 Å². The van der Waals surface area contributed by atoms with Gasteiger partial charge < -0.3 is 9.47 Å². The lowest BCUT2D eigenvalue weighted by molar-refractivity contribution is 0.0912. The summed E-state index contributed by atoms with van der Waals surface area (Å²) in [5.74, 6) is 1.50. The molecule has 0 aliphatic carbocycles. The van der Waals surface area contributed by atoms with E-state index in [1.54, 1.807) is 23.6 Å². The van der Waals surface area contributed by atoms with Crippen LogP contribution in [-0.2, 0) is 17.0 Å². The highest BCUT2D eigenvalue weighted by atomic mass is 35.5. The minimum atomic E-state index is 0.212. The normalized spacial score (nSPS) is 17.8. The van der Waals surface area contributed by atoms with E-state index in [0.29, 0.717) is 17.3 Å². The van der Waals surface area contributed by atoms with Crippen molar-refractivity contribution >= 4 is 23.4 Å². The Bertz CT molecular complexity index is 631. The lowest BCUT2D eigenvalue weighted by Crippen LogP contribution is -2.16. The first-order valence-corrected chi connectivity index (χ1v) is 8.45. The van der Waals surface area contributed by atoms with E-state index in [1.165, 1.54) is 0 Å². The van der Waals surface area contributed by atoms with E-state index in [-0.39, 0.29) is 6.10 Å². The quantitative estimate of drug-likeness (QED) is 0.753. The molecule has 1 aromatic heterocycles. The molecule has 6 nitrogen and oxygen atoms in total. The maximum atomic E-state index is 6.05. The average Bonchev–Trinajstić information content (AvgIpc) is 3.18. The van der Waals surface area contributed by atoms with Gasteiger partial charge in [0.15, 0.2) is 0 Å². The van der Waals surface area contributed by atoms with Crippen molar-refractivity contribution in [3.63, 3.8) is 0 Å². The van der Waals surface area contributed by atoms with Gasteiger partial charge in [0.2, 0.25) is 5.16 Å². The summed E-state index contributed by atoms with van der Waals surface area (Å²) in [6.45, 7) is 1.52. The molecule has 0 saturated carbocycles. The van der Waals surface area contributed by atoms with Crippen LogP contribution in [0.25, 0.3) is 0 Å². The van der Waals surface area contributed by atoms with E-state index < -0.39 is 0 Å². The first kappa shape index (κ1) is 15.6. The van der Waals surface area contributed by atoms with Crippen LogP contribution in [0.3, 0.4) is 0 Å². The van der Waals surface area contributed by atoms with Crippen LogP contribution in [-0.4, -0.2) is 40.0 Å². The Morgan fingerprint density at radius 2 is 2.41 bits per heavy atom. The summed E-state index contributed by atoms with van der Waals surface area (Å²) >= 11 is 7.61. The zero-order chi connectivity index (χ0) is 15.4. The summed E-state index contributed by atoms with van der Waals surface area (Å²) in [6.07, 6.45) is 2.38. The molecule has 22 heavy (non-hydrogen) atoms. The summed E-state index contributed by atoms with van der Waals surface area (Å²) in [5, 5.41) is 13.4. The maximum Gasteiger partial charge on any atom is 0.209 e. The maximum absolute atomic E-state index is 6.05. The predicted molar refractivity (Wildman–Crippen MR) is 84.4 cm³/mol. The van der Waals surface area contributed by atoms with E-state index in [4.69, 9.17) is 21.1 Å². The molecule has 1 unspecified atom stereocenters. The molecule has 0 bridgehead atoms. The molecule has 1 saturated heterocycles. The number of tetrazole rings is 1. The lowest BCUT2D eigenvalue weighted by atomic mass is 10.2. The van der Waals surface area contributed by atoms with Gasteiger partial charge in [-0.2, -0.15) is 0 Å². The molecule has 0 amide bonds. The third kappa shape index (κ3) is 3.71. The molecule has 1 aromatic carbocycles. The van der Waals surface area contributed by atoms with Crippen molar-refractivity contribution in [2.24, 2.45) is 0 Å². The number of methoxy groups -OCH3 is 1. The van der Waals surface area contributed by atoms with E-state index in [1.807, 2.05) is 18.2 Å². The Morgan fingerprint density at radius 3 is 3.18 bits per heavy atom. The van der Waals surface area contributed by atoms with Crippen LogP contribution in [0.5, 0.6) is 5.75 Å². The van der Waals surface area contributed by atoms with Gasteiger partial charge >= 0.3 is 0 Å². The van der Waals surface area contributed by atoms with Crippen molar-refractivity contribution in [1.82, 2.24) is 20.2 Å². The van der Waals surface area contributed by atoms with Gasteiger partial charge in [-0.05, 0) is 41.5 Å². The summed E-state index contributed by atoms with van der Waals surface area (Å²) in [4.78, 5) is 0. The summed E-state index contributed by atoms with van der Waals surface area (Å²) in [5.41, 5.74) is 1.02. The van der Waals surface area contributed by atoms with E-state index in [2.05, 4.69) is 15.5 Å². The van der Waals surface area contributed by atoms with Crippen molar-refractivity contribution in [2.75, 3.05) is 13.7 Å². The van der Waals surface area contributed by atoms with Crippen LogP contribution in [0, 0.1) is 0 Å². The predicted octanol–water partition coefficient (Wildman–Crippen LogP) is 2.81. The van der Waals surface area contributed by atoms with Gasteiger partial charge in [-0.3, -0.25) is 0 Å². The number of hydrogen-bond acceptors (Lipinski definition) is 6. The summed E-state index contributed by atoms with van der Waals surface area (Å²) in [6, 6.07) is 5.59. The van der Waals surface area contributed by atoms with E-state index in [0.717, 1.165) is 35.9 Å².